The summed E-state index contributed by atoms with van der Waals surface area (Å²) in [5.41, 5.74) is 0. The summed E-state index contributed by atoms with van der Waals surface area (Å²) >= 11 is 0. The lowest BCUT2D eigenvalue weighted by Gasteiger charge is -2.26. The topological polar surface area (TPSA) is 57.7 Å². The van der Waals surface area contributed by atoms with Gasteiger partial charge in [-0.3, -0.25) is 13.8 Å². The van der Waals surface area contributed by atoms with Crippen LogP contribution in [0.3, 0.4) is 0 Å². The third kappa shape index (κ3) is 3.52. The van der Waals surface area contributed by atoms with Gasteiger partial charge in [-0.1, -0.05) is 0 Å². The summed E-state index contributed by atoms with van der Waals surface area (Å²) in [6.45, 7) is 2.36. The standard InChI is InChI=1S/C11H20N2O3S/c1-8(7-17(4)16)13(3)11(15)9-5-10(14)12(2)6-9/h8-9H,5-7H2,1-4H3. The molecule has 98 valence electrons. The second kappa shape index (κ2) is 5.62. The van der Waals surface area contributed by atoms with E-state index in [0.717, 1.165) is 0 Å². The first-order valence-corrected chi connectivity index (χ1v) is 7.36. The number of likely N-dealkylation sites (tertiary alicyclic amines) is 1. The molecule has 0 radical (unpaired) electrons. The molecule has 3 atom stereocenters. The van der Waals surface area contributed by atoms with Crippen molar-refractivity contribution < 1.29 is 13.8 Å². The molecule has 6 heteroatoms. The van der Waals surface area contributed by atoms with Crippen molar-refractivity contribution in [1.29, 1.82) is 0 Å². The lowest BCUT2D eigenvalue weighted by Crippen LogP contribution is -2.42. The van der Waals surface area contributed by atoms with E-state index in [2.05, 4.69) is 0 Å². The fourth-order valence-corrected chi connectivity index (χ4v) is 2.89. The van der Waals surface area contributed by atoms with Crippen LogP contribution in [0.1, 0.15) is 13.3 Å². The van der Waals surface area contributed by atoms with Crippen LogP contribution in [0.4, 0.5) is 0 Å². The third-order valence-electron chi connectivity index (χ3n) is 3.17. The van der Waals surface area contributed by atoms with Crippen molar-refractivity contribution in [3.63, 3.8) is 0 Å². The smallest absolute Gasteiger partial charge is 0.228 e. The summed E-state index contributed by atoms with van der Waals surface area (Å²) < 4.78 is 11.1. The highest BCUT2D eigenvalue weighted by molar-refractivity contribution is 7.84. The highest BCUT2D eigenvalue weighted by atomic mass is 32.2. The Morgan fingerprint density at radius 1 is 1.65 bits per heavy atom. The van der Waals surface area contributed by atoms with Gasteiger partial charge >= 0.3 is 0 Å². The number of rotatable bonds is 4. The Kier molecular flexibility index (Phi) is 4.68. The normalized spacial score (nSPS) is 23.6. The van der Waals surface area contributed by atoms with Gasteiger partial charge in [0.25, 0.3) is 0 Å². The maximum atomic E-state index is 12.1. The van der Waals surface area contributed by atoms with E-state index in [-0.39, 0.29) is 23.8 Å². The van der Waals surface area contributed by atoms with E-state index in [1.807, 2.05) is 6.92 Å². The number of amides is 2. The summed E-state index contributed by atoms with van der Waals surface area (Å²) in [6, 6.07) is -0.0608. The molecule has 0 saturated carbocycles. The molecule has 0 bridgehead atoms. The molecular weight excluding hydrogens is 240 g/mol. The Morgan fingerprint density at radius 3 is 2.65 bits per heavy atom. The molecule has 0 spiro atoms. The van der Waals surface area contributed by atoms with Crippen LogP contribution in [0.15, 0.2) is 0 Å². The maximum Gasteiger partial charge on any atom is 0.228 e. The van der Waals surface area contributed by atoms with E-state index in [4.69, 9.17) is 0 Å². The quantitative estimate of drug-likeness (QED) is 0.697. The van der Waals surface area contributed by atoms with E-state index in [0.29, 0.717) is 18.7 Å². The average molecular weight is 260 g/mol. The molecule has 3 unspecified atom stereocenters. The molecule has 1 aliphatic heterocycles. The average Bonchev–Trinajstić information content (AvgIpc) is 2.56. The van der Waals surface area contributed by atoms with Crippen LogP contribution in [0, 0.1) is 5.92 Å². The summed E-state index contributed by atoms with van der Waals surface area (Å²) in [5, 5.41) is 0. The van der Waals surface area contributed by atoms with Crippen molar-refractivity contribution in [1.82, 2.24) is 9.80 Å². The Balaban J connectivity index is 2.58. The van der Waals surface area contributed by atoms with E-state index in [9.17, 15) is 13.8 Å². The predicted molar refractivity (Wildman–Crippen MR) is 66.9 cm³/mol. The molecule has 0 aromatic heterocycles. The minimum Gasteiger partial charge on any atom is -0.345 e. The zero-order chi connectivity index (χ0) is 13.2. The first-order chi connectivity index (χ1) is 7.82. The molecule has 1 fully saturated rings. The molecule has 0 aliphatic carbocycles. The number of hydrogen-bond donors (Lipinski definition) is 0. The van der Waals surface area contributed by atoms with Crippen LogP contribution in [-0.4, -0.2) is 64.5 Å². The van der Waals surface area contributed by atoms with E-state index in [1.54, 1.807) is 30.2 Å². The van der Waals surface area contributed by atoms with Gasteiger partial charge in [-0.15, -0.1) is 0 Å². The van der Waals surface area contributed by atoms with E-state index in [1.165, 1.54) is 0 Å². The predicted octanol–water partition coefficient (Wildman–Crippen LogP) is -0.310. The van der Waals surface area contributed by atoms with Gasteiger partial charge in [0.05, 0.1) is 5.92 Å². The van der Waals surface area contributed by atoms with Crippen LogP contribution >= 0.6 is 0 Å². The number of carbonyl (C=O) groups excluding carboxylic acids is 2. The van der Waals surface area contributed by atoms with Crippen LogP contribution in [0.2, 0.25) is 0 Å². The monoisotopic (exact) mass is 260 g/mol. The molecule has 5 nitrogen and oxygen atoms in total. The van der Waals surface area contributed by atoms with Gasteiger partial charge in [-0.2, -0.15) is 0 Å². The van der Waals surface area contributed by atoms with Crippen molar-refractivity contribution >= 4 is 22.6 Å². The van der Waals surface area contributed by atoms with Crippen molar-refractivity contribution in [3.8, 4) is 0 Å². The van der Waals surface area contributed by atoms with Crippen LogP contribution in [0.5, 0.6) is 0 Å². The van der Waals surface area contributed by atoms with E-state index < -0.39 is 10.8 Å². The molecule has 1 rings (SSSR count). The molecule has 0 aromatic rings. The molecule has 1 heterocycles. The van der Waals surface area contributed by atoms with Gasteiger partial charge in [0.15, 0.2) is 0 Å². The lowest BCUT2D eigenvalue weighted by molar-refractivity contribution is -0.135. The van der Waals surface area contributed by atoms with Gasteiger partial charge in [0.1, 0.15) is 0 Å². The lowest BCUT2D eigenvalue weighted by atomic mass is 10.1. The van der Waals surface area contributed by atoms with E-state index >= 15 is 0 Å². The van der Waals surface area contributed by atoms with Gasteiger partial charge in [-0.25, -0.2) is 0 Å². The highest BCUT2D eigenvalue weighted by Gasteiger charge is 2.34. The Labute approximate surface area is 105 Å². The molecular formula is C11H20N2O3S. The van der Waals surface area contributed by atoms with Crippen molar-refractivity contribution in [3.05, 3.63) is 0 Å². The Hall–Kier alpha value is -0.910. The minimum atomic E-state index is -0.920. The van der Waals surface area contributed by atoms with Crippen molar-refractivity contribution in [2.75, 3.05) is 32.6 Å². The molecule has 2 amide bonds. The molecule has 1 aliphatic rings. The second-order valence-corrected chi connectivity index (χ2v) is 6.19. The number of carbonyl (C=O) groups is 2. The summed E-state index contributed by atoms with van der Waals surface area (Å²) in [4.78, 5) is 26.7. The SMILES string of the molecule is CC(CS(C)=O)N(C)C(=O)C1CC(=O)N(C)C1. The fourth-order valence-electron chi connectivity index (χ4n) is 1.99. The third-order valence-corrected chi connectivity index (χ3v) is 4.13. The van der Waals surface area contributed by atoms with Gasteiger partial charge in [-0.05, 0) is 6.92 Å². The summed E-state index contributed by atoms with van der Waals surface area (Å²) in [5.74, 6) is 0.216. The highest BCUT2D eigenvalue weighted by Crippen LogP contribution is 2.19. The molecule has 17 heavy (non-hydrogen) atoms. The zero-order valence-electron chi connectivity index (χ0n) is 10.8. The van der Waals surface area contributed by atoms with Gasteiger partial charge < -0.3 is 9.80 Å². The summed E-state index contributed by atoms with van der Waals surface area (Å²) in [6.07, 6.45) is 1.92. The van der Waals surface area contributed by atoms with Crippen LogP contribution in [-0.2, 0) is 20.4 Å². The number of nitrogens with zero attached hydrogens (tertiary/aromatic N) is 2. The molecule has 0 aromatic carbocycles. The Morgan fingerprint density at radius 2 is 2.24 bits per heavy atom. The largest absolute Gasteiger partial charge is 0.345 e. The molecule has 0 N–H and O–H groups in total. The Bertz CT molecular complexity index is 346. The second-order valence-electron chi connectivity index (χ2n) is 4.71. The fraction of sp³-hybridized carbons (Fsp3) is 0.818. The van der Waals surface area contributed by atoms with Gasteiger partial charge in [0.2, 0.25) is 11.8 Å². The first kappa shape index (κ1) is 14.2. The number of hydrogen-bond acceptors (Lipinski definition) is 3. The maximum absolute atomic E-state index is 12.1. The van der Waals surface area contributed by atoms with Crippen molar-refractivity contribution in [2.45, 2.75) is 19.4 Å². The van der Waals surface area contributed by atoms with Crippen LogP contribution in [0.25, 0.3) is 0 Å². The minimum absolute atomic E-state index is 0.0171. The van der Waals surface area contributed by atoms with Crippen molar-refractivity contribution in [2.24, 2.45) is 5.92 Å². The molecule has 1 saturated heterocycles. The zero-order valence-corrected chi connectivity index (χ0v) is 11.6. The summed E-state index contributed by atoms with van der Waals surface area (Å²) in [7, 11) is 2.50. The van der Waals surface area contributed by atoms with Crippen LogP contribution < -0.4 is 0 Å². The van der Waals surface area contributed by atoms with Gasteiger partial charge in [0, 0.05) is 55.9 Å². The first-order valence-electron chi connectivity index (χ1n) is 5.63.